The minimum atomic E-state index is -4.58. The Balaban J connectivity index is 1.87. The van der Waals surface area contributed by atoms with Crippen LogP contribution >= 0.6 is 7.92 Å². The summed E-state index contributed by atoms with van der Waals surface area (Å²) in [5.41, 5.74) is 0. The summed E-state index contributed by atoms with van der Waals surface area (Å²) in [5.74, 6) is 1.26. The zero-order chi connectivity index (χ0) is 37.6. The molecule has 0 aromatic heterocycles. The van der Waals surface area contributed by atoms with Gasteiger partial charge in [-0.25, -0.2) is 0 Å². The standard InChI is InChI=1S/C36H33O12PS3/c1-4-46-31-16-7-22-19-25(50(37,38)39)10-13-28(22)34(31)49(35-29-14-11-26(51(40,41)42)20-23(29)8-17-32(35)47-5-2)36-30-15-12-27(52(43,44)45)21-24(30)9-18-33(36)48-6-3/h7-21H,4-6H2,1-3H3,(H,37,38,39)(H,40,41,42)(H,43,44,45). The van der Waals surface area contributed by atoms with Crippen molar-refractivity contribution in [2.75, 3.05) is 19.8 Å². The highest BCUT2D eigenvalue weighted by molar-refractivity contribution is 7.86. The van der Waals surface area contributed by atoms with E-state index in [1.807, 2.05) is 0 Å². The van der Waals surface area contributed by atoms with E-state index in [9.17, 15) is 38.9 Å². The molecule has 12 nitrogen and oxygen atoms in total. The van der Waals surface area contributed by atoms with Crippen molar-refractivity contribution in [2.24, 2.45) is 0 Å². The SMILES string of the molecule is CCOc1ccc2cc(S(=O)(=O)O)ccc2c1P(c1c(OCC)ccc2cc(S(=O)(=O)O)ccc12)c1c(OCC)ccc2cc(S(=O)(=O)O)ccc12. The lowest BCUT2D eigenvalue weighted by Crippen LogP contribution is -2.27. The third-order valence-corrected chi connectivity index (χ3v) is 13.5. The van der Waals surface area contributed by atoms with Crippen molar-refractivity contribution in [3.63, 3.8) is 0 Å². The van der Waals surface area contributed by atoms with Crippen molar-refractivity contribution in [2.45, 2.75) is 35.5 Å². The second-order valence-corrected chi connectivity index (χ2v) is 17.7. The molecule has 3 N–H and O–H groups in total. The number of rotatable bonds is 12. The first-order chi connectivity index (χ1) is 24.6. The molecule has 6 aromatic carbocycles. The van der Waals surface area contributed by atoms with Gasteiger partial charge in [0.25, 0.3) is 30.4 Å². The van der Waals surface area contributed by atoms with Gasteiger partial charge in [0.15, 0.2) is 0 Å². The van der Waals surface area contributed by atoms with Crippen molar-refractivity contribution < 1.29 is 53.1 Å². The monoisotopic (exact) mass is 784 g/mol. The average molecular weight is 785 g/mol. The quantitative estimate of drug-likeness (QED) is 0.0994. The summed E-state index contributed by atoms with van der Waals surface area (Å²) in [7, 11) is -15.7. The minimum absolute atomic E-state index is 0.238. The Morgan fingerprint density at radius 2 is 0.712 bits per heavy atom. The van der Waals surface area contributed by atoms with Gasteiger partial charge in [-0.2, -0.15) is 25.3 Å². The Bertz CT molecular complexity index is 2420. The van der Waals surface area contributed by atoms with Gasteiger partial charge < -0.3 is 14.2 Å². The van der Waals surface area contributed by atoms with Crippen LogP contribution in [0, 0.1) is 0 Å². The highest BCUT2D eigenvalue weighted by Crippen LogP contribution is 2.48. The Kier molecular flexibility index (Phi) is 10.2. The van der Waals surface area contributed by atoms with Crippen molar-refractivity contribution in [1.82, 2.24) is 0 Å². The second-order valence-electron chi connectivity index (χ2n) is 11.4. The summed E-state index contributed by atoms with van der Waals surface area (Å²) in [5, 5.41) is 4.72. The van der Waals surface area contributed by atoms with E-state index in [1.54, 1.807) is 75.4 Å². The Morgan fingerprint density at radius 3 is 0.942 bits per heavy atom. The van der Waals surface area contributed by atoms with Gasteiger partial charge in [-0.15, -0.1) is 0 Å². The molecule has 16 heteroatoms. The molecular weight excluding hydrogens is 752 g/mol. The molecular formula is C36H33O12PS3. The molecule has 0 aliphatic carbocycles. The fourth-order valence-electron chi connectivity index (χ4n) is 6.14. The molecule has 272 valence electrons. The van der Waals surface area contributed by atoms with E-state index in [4.69, 9.17) is 14.2 Å². The van der Waals surface area contributed by atoms with Crippen LogP contribution in [0.1, 0.15) is 20.8 Å². The Labute approximate surface area is 302 Å². The van der Waals surface area contributed by atoms with Crippen molar-refractivity contribution in [3.8, 4) is 17.2 Å². The third-order valence-electron chi connectivity index (χ3n) is 8.24. The molecule has 0 aliphatic heterocycles. The number of ether oxygens (including phenoxy) is 3. The van der Waals surface area contributed by atoms with Gasteiger partial charge in [-0.3, -0.25) is 13.7 Å². The average Bonchev–Trinajstić information content (AvgIpc) is 3.08. The molecule has 0 heterocycles. The maximum absolute atomic E-state index is 12.2. The number of fused-ring (bicyclic) bond motifs is 3. The van der Waals surface area contributed by atoms with Gasteiger partial charge in [-0.1, -0.05) is 36.4 Å². The largest absolute Gasteiger partial charge is 0.493 e. The number of hydrogen-bond acceptors (Lipinski definition) is 9. The van der Waals surface area contributed by atoms with E-state index >= 15 is 0 Å². The Hall–Kier alpha value is -4.34. The smallest absolute Gasteiger partial charge is 0.294 e. The van der Waals surface area contributed by atoms with E-state index in [2.05, 4.69) is 0 Å². The van der Waals surface area contributed by atoms with Crippen molar-refractivity contribution in [1.29, 1.82) is 0 Å². The van der Waals surface area contributed by atoms with E-state index in [0.29, 0.717) is 65.5 Å². The van der Waals surface area contributed by atoms with Crippen LogP contribution < -0.4 is 30.1 Å². The molecule has 0 saturated heterocycles. The first kappa shape index (κ1) is 37.4. The van der Waals surface area contributed by atoms with Gasteiger partial charge in [0.05, 0.1) is 34.5 Å². The van der Waals surface area contributed by atoms with Crippen LogP contribution in [0.5, 0.6) is 17.2 Å². The van der Waals surface area contributed by atoms with Crippen molar-refractivity contribution in [3.05, 3.63) is 91.0 Å². The minimum Gasteiger partial charge on any atom is -0.493 e. The summed E-state index contributed by atoms with van der Waals surface area (Å²) in [6.45, 7) is 6.13. The lowest BCUT2D eigenvalue weighted by atomic mass is 10.1. The summed E-state index contributed by atoms with van der Waals surface area (Å²) < 4.78 is 122. The topological polar surface area (TPSA) is 191 Å². The van der Waals surface area contributed by atoms with E-state index < -0.39 is 38.3 Å². The van der Waals surface area contributed by atoms with Crippen LogP contribution in [0.15, 0.2) is 106 Å². The molecule has 0 amide bonds. The molecule has 6 aromatic rings. The molecule has 0 saturated carbocycles. The molecule has 0 atom stereocenters. The lowest BCUT2D eigenvalue weighted by Gasteiger charge is -2.29. The first-order valence-corrected chi connectivity index (χ1v) is 21.5. The lowest BCUT2D eigenvalue weighted by molar-refractivity contribution is 0.342. The van der Waals surface area contributed by atoms with E-state index in [0.717, 1.165) is 0 Å². The van der Waals surface area contributed by atoms with Crippen LogP contribution in [0.3, 0.4) is 0 Å². The zero-order valence-electron chi connectivity index (χ0n) is 28.0. The van der Waals surface area contributed by atoms with E-state index in [1.165, 1.54) is 36.4 Å². The molecule has 0 fully saturated rings. The second kappa shape index (κ2) is 14.2. The molecule has 6 rings (SSSR count). The number of benzene rings is 6. The fraction of sp³-hybridized carbons (Fsp3) is 0.167. The molecule has 52 heavy (non-hydrogen) atoms. The zero-order valence-corrected chi connectivity index (χ0v) is 31.3. The highest BCUT2D eigenvalue weighted by atomic mass is 32.2. The van der Waals surface area contributed by atoms with Gasteiger partial charge in [-0.05, 0) is 108 Å². The van der Waals surface area contributed by atoms with Crippen LogP contribution in [0.25, 0.3) is 32.3 Å². The van der Waals surface area contributed by atoms with Crippen LogP contribution in [0.4, 0.5) is 0 Å². The summed E-state index contributed by atoms with van der Waals surface area (Å²) in [4.78, 5) is -0.972. The van der Waals surface area contributed by atoms with Gasteiger partial charge in [0.2, 0.25) is 0 Å². The van der Waals surface area contributed by atoms with E-state index in [-0.39, 0.29) is 34.5 Å². The normalized spacial score (nSPS) is 12.5. The van der Waals surface area contributed by atoms with Crippen molar-refractivity contribution >= 4 is 86.5 Å². The molecule has 0 aliphatic rings. The van der Waals surface area contributed by atoms with Gasteiger partial charge in [0, 0.05) is 23.8 Å². The van der Waals surface area contributed by atoms with Crippen LogP contribution in [-0.2, 0) is 30.4 Å². The summed E-state index contributed by atoms with van der Waals surface area (Å²) in [6, 6.07) is 22.6. The predicted octanol–water partition coefficient (Wildman–Crippen LogP) is 5.84. The maximum atomic E-state index is 12.2. The summed E-state index contributed by atoms with van der Waals surface area (Å²) >= 11 is 0. The number of hydrogen-bond donors (Lipinski definition) is 3. The fourth-order valence-corrected chi connectivity index (χ4v) is 10.8. The first-order valence-electron chi connectivity index (χ1n) is 15.9. The summed E-state index contributed by atoms with van der Waals surface area (Å²) in [6.07, 6.45) is 0. The van der Waals surface area contributed by atoms with Crippen LogP contribution in [-0.4, -0.2) is 58.7 Å². The Morgan fingerprint density at radius 1 is 0.442 bits per heavy atom. The highest BCUT2D eigenvalue weighted by Gasteiger charge is 2.33. The predicted molar refractivity (Wildman–Crippen MR) is 201 cm³/mol. The maximum Gasteiger partial charge on any atom is 0.294 e. The van der Waals surface area contributed by atoms with Gasteiger partial charge in [0.1, 0.15) is 17.2 Å². The van der Waals surface area contributed by atoms with Gasteiger partial charge >= 0.3 is 0 Å². The molecule has 0 radical (unpaired) electrons. The molecule has 0 spiro atoms. The third kappa shape index (κ3) is 7.18. The molecule has 0 bridgehead atoms. The van der Waals surface area contributed by atoms with Crippen LogP contribution in [0.2, 0.25) is 0 Å². The molecule has 0 unspecified atom stereocenters.